The number of carbonyl (C=O) groups excluding carboxylic acids is 1. The van der Waals surface area contributed by atoms with Crippen LogP contribution in [0.2, 0.25) is 0 Å². The topological polar surface area (TPSA) is 56.8 Å². The molecule has 1 atom stereocenters. The van der Waals surface area contributed by atoms with Crippen LogP contribution in [0.3, 0.4) is 0 Å². The van der Waals surface area contributed by atoms with Gasteiger partial charge in [0, 0.05) is 23.9 Å². The molecule has 1 aromatic rings. The van der Waals surface area contributed by atoms with Gasteiger partial charge in [-0.25, -0.2) is 4.79 Å². The molecular weight excluding hydrogens is 222 g/mol. The van der Waals surface area contributed by atoms with Crippen LogP contribution in [0.25, 0.3) is 0 Å². The Bertz CT molecular complexity index is 370. The maximum absolute atomic E-state index is 11.3. The minimum atomic E-state index is -0.434. The van der Waals surface area contributed by atoms with Gasteiger partial charge in [-0.1, -0.05) is 0 Å². The summed E-state index contributed by atoms with van der Waals surface area (Å²) >= 11 is 0. The molecule has 0 aliphatic rings. The van der Waals surface area contributed by atoms with Crippen LogP contribution in [-0.2, 0) is 9.53 Å². The van der Waals surface area contributed by atoms with Crippen LogP contribution >= 0.6 is 0 Å². The number of ether oxygens (including phenoxy) is 3. The van der Waals surface area contributed by atoms with Crippen molar-refractivity contribution < 1.29 is 19.0 Å². The van der Waals surface area contributed by atoms with Gasteiger partial charge in [-0.3, -0.25) is 0 Å². The molecule has 5 heteroatoms. The number of methoxy groups -OCH3 is 3. The highest BCUT2D eigenvalue weighted by atomic mass is 16.5. The lowest BCUT2D eigenvalue weighted by atomic mass is 10.2. The standard InChI is InChI=1S/C12H17NO4/c1-8(12(14)17-4)13-9-5-10(15-2)7-11(6-9)16-3/h5-8,13H,1-4H3/t8-/m0/s1. The molecule has 1 aromatic carbocycles. The van der Waals surface area contributed by atoms with E-state index in [-0.39, 0.29) is 5.97 Å². The van der Waals surface area contributed by atoms with Crippen molar-refractivity contribution in [3.63, 3.8) is 0 Å². The van der Waals surface area contributed by atoms with Gasteiger partial charge in [-0.05, 0) is 6.92 Å². The summed E-state index contributed by atoms with van der Waals surface area (Å²) < 4.78 is 14.9. The summed E-state index contributed by atoms with van der Waals surface area (Å²) in [6.07, 6.45) is 0. The van der Waals surface area contributed by atoms with Crippen molar-refractivity contribution in [2.24, 2.45) is 0 Å². The second kappa shape index (κ2) is 5.98. The molecule has 0 saturated heterocycles. The van der Waals surface area contributed by atoms with Crippen LogP contribution in [0.15, 0.2) is 18.2 Å². The van der Waals surface area contributed by atoms with E-state index in [1.54, 1.807) is 39.3 Å². The lowest BCUT2D eigenvalue weighted by Crippen LogP contribution is -2.27. The van der Waals surface area contributed by atoms with E-state index in [2.05, 4.69) is 10.1 Å². The second-order valence-electron chi connectivity index (χ2n) is 3.49. The fraction of sp³-hybridized carbons (Fsp3) is 0.417. The van der Waals surface area contributed by atoms with Gasteiger partial charge in [0.05, 0.1) is 21.3 Å². The first-order valence-corrected chi connectivity index (χ1v) is 5.18. The lowest BCUT2D eigenvalue weighted by Gasteiger charge is -2.14. The molecule has 0 amide bonds. The molecule has 0 spiro atoms. The number of rotatable bonds is 5. The Kier molecular flexibility index (Phi) is 4.63. The van der Waals surface area contributed by atoms with Crippen LogP contribution in [-0.4, -0.2) is 33.3 Å². The Morgan fingerprint density at radius 3 is 2.06 bits per heavy atom. The average Bonchev–Trinajstić information content (AvgIpc) is 2.36. The van der Waals surface area contributed by atoms with Crippen molar-refractivity contribution >= 4 is 11.7 Å². The van der Waals surface area contributed by atoms with E-state index in [0.29, 0.717) is 11.5 Å². The largest absolute Gasteiger partial charge is 0.497 e. The Balaban J connectivity index is 2.86. The van der Waals surface area contributed by atoms with E-state index in [1.165, 1.54) is 7.11 Å². The van der Waals surface area contributed by atoms with E-state index in [4.69, 9.17) is 9.47 Å². The summed E-state index contributed by atoms with van der Waals surface area (Å²) in [4.78, 5) is 11.3. The maximum Gasteiger partial charge on any atom is 0.327 e. The number of nitrogens with one attached hydrogen (secondary N) is 1. The molecule has 1 N–H and O–H groups in total. The molecule has 0 saturated carbocycles. The quantitative estimate of drug-likeness (QED) is 0.792. The summed E-state index contributed by atoms with van der Waals surface area (Å²) in [7, 11) is 4.50. The van der Waals surface area contributed by atoms with Gasteiger partial charge >= 0.3 is 5.97 Å². The summed E-state index contributed by atoms with van der Waals surface area (Å²) in [5.74, 6) is 0.986. The molecule has 17 heavy (non-hydrogen) atoms. The summed E-state index contributed by atoms with van der Waals surface area (Å²) in [6.45, 7) is 1.72. The Hall–Kier alpha value is -1.91. The maximum atomic E-state index is 11.3. The number of hydrogen-bond donors (Lipinski definition) is 1. The van der Waals surface area contributed by atoms with Crippen LogP contribution in [0.4, 0.5) is 5.69 Å². The van der Waals surface area contributed by atoms with Gasteiger partial charge in [-0.2, -0.15) is 0 Å². The van der Waals surface area contributed by atoms with Crippen LogP contribution in [0.1, 0.15) is 6.92 Å². The van der Waals surface area contributed by atoms with Crippen LogP contribution in [0, 0.1) is 0 Å². The highest BCUT2D eigenvalue weighted by Crippen LogP contribution is 2.26. The molecule has 0 unspecified atom stereocenters. The zero-order valence-electron chi connectivity index (χ0n) is 10.4. The van der Waals surface area contributed by atoms with Crippen molar-refractivity contribution in [1.29, 1.82) is 0 Å². The van der Waals surface area contributed by atoms with Gasteiger partial charge in [0.1, 0.15) is 17.5 Å². The molecule has 94 valence electrons. The van der Waals surface area contributed by atoms with Crippen molar-refractivity contribution in [2.45, 2.75) is 13.0 Å². The fourth-order valence-corrected chi connectivity index (χ4v) is 1.38. The van der Waals surface area contributed by atoms with Crippen LogP contribution in [0.5, 0.6) is 11.5 Å². The Morgan fingerprint density at radius 1 is 1.12 bits per heavy atom. The van der Waals surface area contributed by atoms with Crippen molar-refractivity contribution in [1.82, 2.24) is 0 Å². The molecule has 1 rings (SSSR count). The number of benzene rings is 1. The third kappa shape index (κ3) is 3.55. The molecule has 0 aliphatic carbocycles. The first-order chi connectivity index (χ1) is 8.10. The predicted molar refractivity (Wildman–Crippen MR) is 64.6 cm³/mol. The first-order valence-electron chi connectivity index (χ1n) is 5.18. The fourth-order valence-electron chi connectivity index (χ4n) is 1.38. The summed E-state index contributed by atoms with van der Waals surface area (Å²) in [5, 5.41) is 3.01. The summed E-state index contributed by atoms with van der Waals surface area (Å²) in [5.41, 5.74) is 0.735. The number of carbonyl (C=O) groups is 1. The van der Waals surface area contributed by atoms with Gasteiger partial charge in [0.25, 0.3) is 0 Å². The number of anilines is 1. The van der Waals surface area contributed by atoms with E-state index < -0.39 is 6.04 Å². The third-order valence-corrected chi connectivity index (χ3v) is 2.29. The lowest BCUT2D eigenvalue weighted by molar-refractivity contribution is -0.141. The SMILES string of the molecule is COC(=O)[C@H](C)Nc1cc(OC)cc(OC)c1. The van der Waals surface area contributed by atoms with E-state index in [9.17, 15) is 4.79 Å². The second-order valence-corrected chi connectivity index (χ2v) is 3.49. The highest BCUT2D eigenvalue weighted by molar-refractivity contribution is 5.78. The van der Waals surface area contributed by atoms with Gasteiger partial charge < -0.3 is 19.5 Å². The number of esters is 1. The third-order valence-electron chi connectivity index (χ3n) is 2.29. The highest BCUT2D eigenvalue weighted by Gasteiger charge is 2.13. The molecule has 0 aromatic heterocycles. The van der Waals surface area contributed by atoms with E-state index in [1.807, 2.05) is 0 Å². The summed E-state index contributed by atoms with van der Waals surface area (Å²) in [6, 6.07) is 4.88. The zero-order chi connectivity index (χ0) is 12.8. The molecule has 0 fully saturated rings. The monoisotopic (exact) mass is 239 g/mol. The molecule has 0 bridgehead atoms. The average molecular weight is 239 g/mol. The van der Waals surface area contributed by atoms with Crippen molar-refractivity contribution in [2.75, 3.05) is 26.6 Å². The normalized spacial score (nSPS) is 11.5. The molecular formula is C12H17NO4. The zero-order valence-corrected chi connectivity index (χ0v) is 10.4. The smallest absolute Gasteiger partial charge is 0.327 e. The van der Waals surface area contributed by atoms with Gasteiger partial charge in [0.15, 0.2) is 0 Å². The van der Waals surface area contributed by atoms with Gasteiger partial charge in [-0.15, -0.1) is 0 Å². The predicted octanol–water partition coefficient (Wildman–Crippen LogP) is 1.68. The molecule has 0 heterocycles. The van der Waals surface area contributed by atoms with Gasteiger partial charge in [0.2, 0.25) is 0 Å². The minimum absolute atomic E-state index is 0.327. The molecule has 0 aliphatic heterocycles. The first kappa shape index (κ1) is 13.2. The minimum Gasteiger partial charge on any atom is -0.497 e. The van der Waals surface area contributed by atoms with E-state index >= 15 is 0 Å². The molecule has 5 nitrogen and oxygen atoms in total. The Morgan fingerprint density at radius 2 is 1.65 bits per heavy atom. The van der Waals surface area contributed by atoms with Crippen LogP contribution < -0.4 is 14.8 Å². The van der Waals surface area contributed by atoms with E-state index in [0.717, 1.165) is 5.69 Å². The van der Waals surface area contributed by atoms with Crippen molar-refractivity contribution in [3.05, 3.63) is 18.2 Å². The number of hydrogen-bond acceptors (Lipinski definition) is 5. The molecule has 0 radical (unpaired) electrons. The van der Waals surface area contributed by atoms with Crippen molar-refractivity contribution in [3.8, 4) is 11.5 Å². The Labute approximate surface area is 101 Å².